The molecule has 9 nitrogen and oxygen atoms in total. The number of H-pyrrole nitrogens is 2. The number of aromatic amines is 2. The first-order valence-corrected chi connectivity index (χ1v) is 24.2. The average Bonchev–Trinajstić information content (AvgIpc) is 1.62. The van der Waals surface area contributed by atoms with Crippen molar-refractivity contribution in [1.82, 2.24) is 24.9 Å². The van der Waals surface area contributed by atoms with Crippen LogP contribution in [0, 0.1) is 116 Å². The number of fused-ring (bicyclic) bond motifs is 10. The maximum absolute atomic E-state index is 16.4. The second-order valence-corrected chi connectivity index (χ2v) is 18.3. The molecule has 0 amide bonds. The molecule has 3 aliphatic rings. The Morgan fingerprint density at radius 3 is 0.837 bits per heavy atom. The van der Waals surface area contributed by atoms with Crippen LogP contribution in [0.3, 0.4) is 0 Å². The quantitative estimate of drug-likeness (QED) is 0.0672. The van der Waals surface area contributed by atoms with E-state index in [1.165, 1.54) is 13.8 Å². The molecule has 0 saturated carbocycles. The van der Waals surface area contributed by atoms with Crippen LogP contribution in [0.15, 0.2) is 30.3 Å². The first-order chi connectivity index (χ1) is 40.6. The van der Waals surface area contributed by atoms with Gasteiger partial charge in [-0.05, 0) is 81.3 Å². The number of aromatic nitrogens is 5. The predicted octanol–water partition coefficient (Wildman–Crippen LogP) is 15.8. The molecule has 10 bridgehead atoms. The first kappa shape index (κ1) is 59.3. The van der Waals surface area contributed by atoms with Crippen molar-refractivity contribution in [2.45, 2.75) is 27.7 Å². The van der Waals surface area contributed by atoms with Gasteiger partial charge < -0.3 is 19.4 Å². The summed E-state index contributed by atoms with van der Waals surface area (Å²) < 4.78 is 324. The van der Waals surface area contributed by atoms with E-state index in [2.05, 4.69) is 24.9 Å². The van der Waals surface area contributed by atoms with E-state index in [9.17, 15) is 27.2 Å². The number of hydrogen-bond acceptors (Lipinski definition) is 7. The Hall–Kier alpha value is -9.83. The van der Waals surface area contributed by atoms with Crippen LogP contribution in [0.4, 0.5) is 87.8 Å². The van der Waals surface area contributed by atoms with E-state index in [1.54, 1.807) is 0 Å². The summed E-state index contributed by atoms with van der Waals surface area (Å²) in [6.07, 6.45) is 1.07. The third-order valence-corrected chi connectivity index (χ3v) is 13.6. The predicted molar refractivity (Wildman–Crippen MR) is 264 cm³/mol. The summed E-state index contributed by atoms with van der Waals surface area (Å²) in [7, 11) is 0. The summed E-state index contributed by atoms with van der Waals surface area (Å²) in [5, 5.41) is 0. The van der Waals surface area contributed by atoms with Crippen molar-refractivity contribution in [2.24, 2.45) is 0 Å². The molecule has 442 valence electrons. The lowest BCUT2D eigenvalue weighted by molar-refractivity contribution is -0.136. The van der Waals surface area contributed by atoms with Crippen molar-refractivity contribution < 1.29 is 107 Å². The normalized spacial score (nSPS) is 12.7. The van der Waals surface area contributed by atoms with E-state index in [0.717, 1.165) is 13.8 Å². The van der Waals surface area contributed by atoms with E-state index in [4.69, 9.17) is 9.47 Å². The molecule has 0 radical (unpaired) electrons. The third kappa shape index (κ3) is 8.90. The number of allylic oxidation sites excluding steroid dienone is 2. The minimum atomic E-state index is -2.78. The minimum Gasteiger partial charge on any atom is -0.462 e. The van der Waals surface area contributed by atoms with Gasteiger partial charge in [0.15, 0.2) is 93.1 Å². The number of ether oxygens (including phenoxy) is 2. The molecular weight excluding hydrogens is 1200 g/mol. The number of carbonyl (C=O) groups is 2. The van der Waals surface area contributed by atoms with E-state index < -0.39 is 265 Å². The van der Waals surface area contributed by atoms with Gasteiger partial charge in [-0.25, -0.2) is 112 Å². The molecule has 0 atom stereocenters. The van der Waals surface area contributed by atoms with Crippen molar-refractivity contribution in [3.8, 4) is 44.5 Å². The van der Waals surface area contributed by atoms with Crippen LogP contribution < -0.4 is 0 Å². The van der Waals surface area contributed by atoms with Crippen molar-refractivity contribution in [3.05, 3.63) is 181 Å². The molecule has 0 saturated heterocycles. The van der Waals surface area contributed by atoms with E-state index in [1.807, 2.05) is 0 Å². The molecule has 4 aromatic carbocycles. The zero-order valence-corrected chi connectivity index (χ0v) is 43.0. The van der Waals surface area contributed by atoms with Gasteiger partial charge in [0.2, 0.25) is 23.3 Å². The molecule has 3 aliphatic heterocycles. The number of nitrogens with one attached hydrogen (secondary N) is 2. The molecule has 2 N–H and O–H groups in total. The standard InChI is InChI=1S/C57H25F20N5O4/c1-5-85-56(83)24-14(3)54-28(32-38(62)46(70)52(76)47(71)39(32)63)20-11-9-18(79-20)26(30-34(58)42(66)50(74)43(67)35(30)59)16-7-8-17(78-16)27(31-36(60)44(68)51(75)45(69)37(31)61)19-10-12-21(80-19)29(33-40(64)48(72)53(77)49(73)41(33)65)55-15(4)25(57(84)86-6-2)23(82-55)13-22(24)81-54/h7-13,79-80H,5-6H2,1-4H3. The van der Waals surface area contributed by atoms with Gasteiger partial charge in [0.25, 0.3) is 0 Å². The maximum atomic E-state index is 16.4. The fraction of sp³-hybridized carbons (Fsp3) is 0.105. The van der Waals surface area contributed by atoms with Gasteiger partial charge >= 0.3 is 11.9 Å². The topological polar surface area (TPSA) is 123 Å². The van der Waals surface area contributed by atoms with Gasteiger partial charge in [-0.1, -0.05) is 0 Å². The average molecular weight is 1220 g/mol. The van der Waals surface area contributed by atoms with Crippen LogP contribution in [-0.4, -0.2) is 50.1 Å². The maximum Gasteiger partial charge on any atom is 0.340 e. The molecule has 0 spiro atoms. The lowest BCUT2D eigenvalue weighted by atomic mass is 9.96. The second-order valence-electron chi connectivity index (χ2n) is 18.3. The molecule has 0 aliphatic carbocycles. The summed E-state index contributed by atoms with van der Waals surface area (Å²) in [6.45, 7) is 3.35. The van der Waals surface area contributed by atoms with Gasteiger partial charge in [0.1, 0.15) is 0 Å². The number of carbonyl (C=O) groups excluding carboxylic acids is 2. The van der Waals surface area contributed by atoms with Crippen LogP contribution in [-0.2, 0) is 19.1 Å². The SMILES string of the molecule is CCOC(=O)C1=C(C)c2nc1cc1nc(c(-c3c(F)c(F)c(F)c(F)c3F)c3ccc([nH]3)c(-c3c(F)c(F)c(F)c(F)c3F)c3nc(c(-c4c(F)c(F)c(F)c(F)c4F)c4ccc([nH]4)c2-c2c(F)c(F)c(F)c(F)c2F)C=C3)C(C)=C1C(=O)OCC. The summed E-state index contributed by atoms with van der Waals surface area (Å²) in [6, 6.07) is 3.10. The highest BCUT2D eigenvalue weighted by Gasteiger charge is 2.38. The number of nitrogens with zero attached hydrogens (tertiary/aromatic N) is 3. The van der Waals surface area contributed by atoms with E-state index in [-0.39, 0.29) is 0 Å². The number of rotatable bonds is 8. The van der Waals surface area contributed by atoms with Crippen molar-refractivity contribution in [3.63, 3.8) is 0 Å². The first-order valence-electron chi connectivity index (χ1n) is 24.2. The zero-order valence-electron chi connectivity index (χ0n) is 43.0. The summed E-state index contributed by atoms with van der Waals surface area (Å²) in [5.41, 5.74) is -26.3. The zero-order chi connectivity index (χ0) is 62.7. The Bertz CT molecular complexity index is 4240. The van der Waals surface area contributed by atoms with Gasteiger partial charge in [-0.3, -0.25) is 0 Å². The molecule has 86 heavy (non-hydrogen) atoms. The van der Waals surface area contributed by atoms with Crippen LogP contribution in [0.2, 0.25) is 0 Å². The molecule has 0 fully saturated rings. The fourth-order valence-corrected chi connectivity index (χ4v) is 9.76. The highest BCUT2D eigenvalue weighted by molar-refractivity contribution is 6.28. The second kappa shape index (κ2) is 21.7. The Balaban J connectivity index is 1.57. The Kier molecular flexibility index (Phi) is 14.9. The molecule has 29 heteroatoms. The van der Waals surface area contributed by atoms with Gasteiger partial charge in [0, 0.05) is 44.3 Å². The number of halogens is 20. The van der Waals surface area contributed by atoms with Gasteiger partial charge in [-0.2, -0.15) is 0 Å². The highest BCUT2D eigenvalue weighted by Crippen LogP contribution is 2.47. The molecule has 6 heterocycles. The highest BCUT2D eigenvalue weighted by atomic mass is 19.2. The Morgan fingerprint density at radius 1 is 0.349 bits per heavy atom. The molecule has 7 aromatic rings. The Labute approximate surface area is 465 Å². The van der Waals surface area contributed by atoms with Crippen molar-refractivity contribution in [1.29, 1.82) is 0 Å². The number of hydrogen-bond donors (Lipinski definition) is 2. The molecule has 10 rings (SSSR count). The van der Waals surface area contributed by atoms with E-state index in [0.29, 0.717) is 42.5 Å². The van der Waals surface area contributed by atoms with Crippen LogP contribution in [0.25, 0.3) is 101 Å². The van der Waals surface area contributed by atoms with Crippen LogP contribution in [0.1, 0.15) is 61.9 Å². The fourth-order valence-electron chi connectivity index (χ4n) is 9.76. The lowest BCUT2D eigenvalue weighted by Crippen LogP contribution is -2.08. The molecule has 0 unspecified atom stereocenters. The summed E-state index contributed by atoms with van der Waals surface area (Å²) in [4.78, 5) is 45.3. The third-order valence-electron chi connectivity index (χ3n) is 13.6. The van der Waals surface area contributed by atoms with Crippen LogP contribution in [0.5, 0.6) is 0 Å². The molecular formula is C57H25F20N5O4. The van der Waals surface area contributed by atoms with Gasteiger partial charge in [0.05, 0.1) is 80.8 Å². The Morgan fingerprint density at radius 2 is 0.581 bits per heavy atom. The van der Waals surface area contributed by atoms with E-state index >= 15 is 70.2 Å². The smallest absolute Gasteiger partial charge is 0.340 e. The van der Waals surface area contributed by atoms with Gasteiger partial charge in [-0.15, -0.1) is 0 Å². The number of benzene rings is 4. The largest absolute Gasteiger partial charge is 0.462 e. The number of esters is 2. The minimum absolute atomic E-state index is 0.506. The summed E-state index contributed by atoms with van der Waals surface area (Å²) >= 11 is 0. The summed E-state index contributed by atoms with van der Waals surface area (Å²) in [5.74, 6) is -56.8. The molecule has 3 aromatic heterocycles. The lowest BCUT2D eigenvalue weighted by Gasteiger charge is -2.12. The monoisotopic (exact) mass is 1220 g/mol. The van der Waals surface area contributed by atoms with Crippen LogP contribution >= 0.6 is 0 Å². The van der Waals surface area contributed by atoms with Crippen molar-refractivity contribution >= 4 is 68.4 Å². The van der Waals surface area contributed by atoms with Crippen molar-refractivity contribution in [2.75, 3.05) is 13.2 Å².